The number of aromatic nitrogens is 2. The summed E-state index contributed by atoms with van der Waals surface area (Å²) in [6.45, 7) is 4.22. The zero-order valence-corrected chi connectivity index (χ0v) is 16.0. The van der Waals surface area contributed by atoms with Crippen molar-refractivity contribution in [2.45, 2.75) is 36.0 Å². The number of nitrogens with two attached hydrogens (primary N) is 1. The topological polar surface area (TPSA) is 98.3 Å². The number of hydrogen-bond donors (Lipinski definition) is 1. The van der Waals surface area contributed by atoms with Gasteiger partial charge in [0.15, 0.2) is 9.84 Å². The predicted octanol–water partition coefficient (Wildman–Crippen LogP) is 1.17. The smallest absolute Gasteiger partial charge is 0.253 e. The van der Waals surface area contributed by atoms with Gasteiger partial charge in [0.1, 0.15) is 5.82 Å². The van der Waals surface area contributed by atoms with E-state index in [1.807, 2.05) is 17.8 Å². The predicted molar refractivity (Wildman–Crippen MR) is 98.6 cm³/mol. The number of sulfone groups is 1. The molecule has 1 fully saturated rings. The number of likely N-dealkylation sites (tertiary alicyclic amines) is 1. The highest BCUT2D eigenvalue weighted by molar-refractivity contribution is 7.92. The third kappa shape index (κ3) is 3.26. The molecule has 0 aliphatic carbocycles. The van der Waals surface area contributed by atoms with Gasteiger partial charge in [-0.3, -0.25) is 4.79 Å². The number of rotatable bonds is 4. The molecule has 0 radical (unpaired) electrons. The second-order valence-electron chi connectivity index (χ2n) is 6.99. The summed E-state index contributed by atoms with van der Waals surface area (Å²) in [4.78, 5) is 19.1. The standard InChI is InChI=1S/C18H24N4O3S/c1-12(2)26(24,25)14-6-4-13(5-7-14)18(23)22-10-15(16(19)11-22)17-20-8-9-21(17)3/h4-9,12,15-16H,10-11,19H2,1-3H3/t15-,16-/m1/s1. The largest absolute Gasteiger partial charge is 0.338 e. The molecule has 1 aliphatic rings. The Morgan fingerprint density at radius 1 is 1.23 bits per heavy atom. The molecule has 2 heterocycles. The Bertz CT molecular complexity index is 903. The third-order valence-electron chi connectivity index (χ3n) is 4.89. The van der Waals surface area contributed by atoms with Crippen molar-refractivity contribution in [1.82, 2.24) is 14.5 Å². The van der Waals surface area contributed by atoms with E-state index >= 15 is 0 Å². The van der Waals surface area contributed by atoms with E-state index in [4.69, 9.17) is 5.73 Å². The number of carbonyl (C=O) groups excluding carboxylic acids is 1. The molecule has 3 rings (SSSR count). The fourth-order valence-electron chi connectivity index (χ4n) is 3.24. The minimum absolute atomic E-state index is 0.0143. The van der Waals surface area contributed by atoms with Gasteiger partial charge in [-0.15, -0.1) is 0 Å². The molecule has 8 heteroatoms. The maximum Gasteiger partial charge on any atom is 0.253 e. The van der Waals surface area contributed by atoms with Crippen molar-refractivity contribution in [2.24, 2.45) is 12.8 Å². The molecule has 1 aromatic carbocycles. The van der Waals surface area contributed by atoms with Crippen molar-refractivity contribution in [2.75, 3.05) is 13.1 Å². The van der Waals surface area contributed by atoms with E-state index < -0.39 is 15.1 Å². The van der Waals surface area contributed by atoms with E-state index in [-0.39, 0.29) is 22.8 Å². The van der Waals surface area contributed by atoms with Gasteiger partial charge in [0.2, 0.25) is 0 Å². The van der Waals surface area contributed by atoms with Gasteiger partial charge in [-0.25, -0.2) is 13.4 Å². The van der Waals surface area contributed by atoms with Gasteiger partial charge in [0.05, 0.1) is 16.1 Å². The van der Waals surface area contributed by atoms with Crippen LogP contribution in [0.1, 0.15) is 35.9 Å². The SMILES string of the molecule is CC(C)S(=O)(=O)c1ccc(C(=O)N2C[C@@H](N)[C@H](c3nccn3C)C2)cc1. The Morgan fingerprint density at radius 3 is 2.42 bits per heavy atom. The summed E-state index contributed by atoms with van der Waals surface area (Å²) >= 11 is 0. The molecular weight excluding hydrogens is 352 g/mol. The summed E-state index contributed by atoms with van der Waals surface area (Å²) in [5.41, 5.74) is 6.69. The minimum atomic E-state index is -3.35. The fraction of sp³-hybridized carbons (Fsp3) is 0.444. The highest BCUT2D eigenvalue weighted by Gasteiger charge is 2.36. The van der Waals surface area contributed by atoms with Gasteiger partial charge in [0, 0.05) is 44.1 Å². The van der Waals surface area contributed by atoms with Gasteiger partial charge >= 0.3 is 0 Å². The molecule has 140 valence electrons. The number of imidazole rings is 1. The molecule has 0 spiro atoms. The average molecular weight is 376 g/mol. The number of nitrogens with zero attached hydrogens (tertiary/aromatic N) is 3. The first kappa shape index (κ1) is 18.6. The van der Waals surface area contributed by atoms with Crippen LogP contribution in [-0.2, 0) is 16.9 Å². The lowest BCUT2D eigenvalue weighted by Gasteiger charge is -2.17. The van der Waals surface area contributed by atoms with E-state index in [0.717, 1.165) is 5.82 Å². The summed E-state index contributed by atoms with van der Waals surface area (Å²) in [5.74, 6) is 0.705. The van der Waals surface area contributed by atoms with Crippen LogP contribution < -0.4 is 5.73 Å². The Balaban J connectivity index is 1.77. The second-order valence-corrected chi connectivity index (χ2v) is 9.50. The lowest BCUT2D eigenvalue weighted by Crippen LogP contribution is -2.32. The van der Waals surface area contributed by atoms with Crippen LogP contribution >= 0.6 is 0 Å². The van der Waals surface area contributed by atoms with Gasteiger partial charge < -0.3 is 15.2 Å². The Kier molecular flexibility index (Phi) is 4.90. The van der Waals surface area contributed by atoms with Crippen LogP contribution in [0.2, 0.25) is 0 Å². The van der Waals surface area contributed by atoms with Crippen LogP contribution in [0.15, 0.2) is 41.6 Å². The Morgan fingerprint density at radius 2 is 1.88 bits per heavy atom. The maximum absolute atomic E-state index is 12.8. The van der Waals surface area contributed by atoms with E-state index in [1.165, 1.54) is 12.1 Å². The molecule has 7 nitrogen and oxygen atoms in total. The number of benzene rings is 1. The first-order valence-electron chi connectivity index (χ1n) is 8.58. The highest BCUT2D eigenvalue weighted by Crippen LogP contribution is 2.26. The number of amides is 1. The van der Waals surface area contributed by atoms with Crippen molar-refractivity contribution < 1.29 is 13.2 Å². The molecule has 0 unspecified atom stereocenters. The lowest BCUT2D eigenvalue weighted by molar-refractivity contribution is 0.0788. The summed E-state index contributed by atoms with van der Waals surface area (Å²) in [6, 6.07) is 5.94. The molecule has 0 bridgehead atoms. The van der Waals surface area contributed by atoms with Crippen molar-refractivity contribution >= 4 is 15.7 Å². The van der Waals surface area contributed by atoms with Gasteiger partial charge in [0.25, 0.3) is 5.91 Å². The van der Waals surface area contributed by atoms with Gasteiger partial charge in [-0.2, -0.15) is 0 Å². The highest BCUT2D eigenvalue weighted by atomic mass is 32.2. The molecule has 2 atom stereocenters. The molecule has 2 N–H and O–H groups in total. The van der Waals surface area contributed by atoms with E-state index in [0.29, 0.717) is 18.7 Å². The molecule has 1 aliphatic heterocycles. The number of hydrogen-bond acceptors (Lipinski definition) is 5. The van der Waals surface area contributed by atoms with Crippen molar-refractivity contribution in [1.29, 1.82) is 0 Å². The summed E-state index contributed by atoms with van der Waals surface area (Å²) < 4.78 is 26.3. The van der Waals surface area contributed by atoms with E-state index in [9.17, 15) is 13.2 Å². The molecular formula is C18H24N4O3S. The van der Waals surface area contributed by atoms with Gasteiger partial charge in [-0.1, -0.05) is 0 Å². The van der Waals surface area contributed by atoms with E-state index in [1.54, 1.807) is 37.1 Å². The first-order valence-corrected chi connectivity index (χ1v) is 10.1. The zero-order valence-electron chi connectivity index (χ0n) is 15.2. The Hall–Kier alpha value is -2.19. The van der Waals surface area contributed by atoms with Crippen LogP contribution in [0.4, 0.5) is 0 Å². The van der Waals surface area contributed by atoms with Crippen LogP contribution in [0.25, 0.3) is 0 Å². The molecule has 26 heavy (non-hydrogen) atoms. The van der Waals surface area contributed by atoms with Crippen molar-refractivity contribution in [3.05, 3.63) is 48.0 Å². The molecule has 1 aromatic heterocycles. The Labute approximate surface area is 153 Å². The summed E-state index contributed by atoms with van der Waals surface area (Å²) in [6.07, 6.45) is 3.58. The van der Waals surface area contributed by atoms with E-state index in [2.05, 4.69) is 4.98 Å². The monoisotopic (exact) mass is 376 g/mol. The maximum atomic E-state index is 12.8. The van der Waals surface area contributed by atoms with Crippen molar-refractivity contribution in [3.63, 3.8) is 0 Å². The summed E-state index contributed by atoms with van der Waals surface area (Å²) in [7, 11) is -1.44. The van der Waals surface area contributed by atoms with Crippen LogP contribution in [0.5, 0.6) is 0 Å². The molecule has 0 saturated carbocycles. The normalized spacial score (nSPS) is 20.7. The second kappa shape index (κ2) is 6.85. The van der Waals surface area contributed by atoms with Crippen LogP contribution in [0, 0.1) is 0 Å². The van der Waals surface area contributed by atoms with Crippen molar-refractivity contribution in [3.8, 4) is 0 Å². The quantitative estimate of drug-likeness (QED) is 0.864. The zero-order chi connectivity index (χ0) is 19.1. The fourth-order valence-corrected chi connectivity index (χ4v) is 4.30. The molecule has 2 aromatic rings. The molecule has 1 saturated heterocycles. The third-order valence-corrected chi connectivity index (χ3v) is 7.06. The lowest BCUT2D eigenvalue weighted by atomic mass is 10.0. The average Bonchev–Trinajstić information content (AvgIpc) is 3.19. The number of aryl methyl sites for hydroxylation is 1. The van der Waals surface area contributed by atoms with Crippen LogP contribution in [0.3, 0.4) is 0 Å². The number of carbonyl (C=O) groups is 1. The summed E-state index contributed by atoms with van der Waals surface area (Å²) in [5, 5.41) is -0.501. The molecule has 1 amide bonds. The minimum Gasteiger partial charge on any atom is -0.338 e. The van der Waals surface area contributed by atoms with Crippen LogP contribution in [-0.4, -0.2) is 53.2 Å². The van der Waals surface area contributed by atoms with Gasteiger partial charge in [-0.05, 0) is 38.1 Å². The first-order chi connectivity index (χ1) is 12.2.